The Balaban J connectivity index is 2.90. The molecule has 7 heteroatoms. The van der Waals surface area contributed by atoms with Gasteiger partial charge in [0.25, 0.3) is 5.69 Å². The second-order valence-corrected chi connectivity index (χ2v) is 3.00. The summed E-state index contributed by atoms with van der Waals surface area (Å²) in [6.45, 7) is 1.74. The molecule has 1 aromatic rings. The number of aryl methyl sites for hydroxylation is 1. The van der Waals surface area contributed by atoms with E-state index in [1.54, 1.807) is 13.0 Å². The molecule has 0 bridgehead atoms. The van der Waals surface area contributed by atoms with Crippen LogP contribution >= 0.6 is 0 Å². The number of nitrogens with one attached hydrogen (secondary N) is 1. The summed E-state index contributed by atoms with van der Waals surface area (Å²) in [5.74, 6) is 0. The number of nitro groups is 2. The van der Waals surface area contributed by atoms with Crippen molar-refractivity contribution in [3.05, 3.63) is 56.4 Å². The first kappa shape index (κ1) is 11.6. The van der Waals surface area contributed by atoms with Gasteiger partial charge in [-0.15, -0.1) is 0 Å². The summed E-state index contributed by atoms with van der Waals surface area (Å²) in [5.41, 5.74) is 1.16. The van der Waals surface area contributed by atoms with Crippen molar-refractivity contribution in [2.24, 2.45) is 0 Å². The molecule has 0 amide bonds. The van der Waals surface area contributed by atoms with E-state index in [4.69, 9.17) is 0 Å². The van der Waals surface area contributed by atoms with Gasteiger partial charge >= 0.3 is 0 Å². The van der Waals surface area contributed by atoms with Gasteiger partial charge in [0, 0.05) is 17.8 Å². The molecule has 0 aliphatic heterocycles. The number of anilines is 1. The van der Waals surface area contributed by atoms with Gasteiger partial charge in [-0.2, -0.15) is 0 Å². The van der Waals surface area contributed by atoms with E-state index in [2.05, 4.69) is 5.32 Å². The van der Waals surface area contributed by atoms with Crippen molar-refractivity contribution < 1.29 is 9.85 Å². The second kappa shape index (κ2) is 4.87. The molecule has 0 aromatic heterocycles. The number of nitrogens with zero attached hydrogens (tertiary/aromatic N) is 2. The van der Waals surface area contributed by atoms with Crippen LogP contribution in [0.4, 0.5) is 11.4 Å². The lowest BCUT2D eigenvalue weighted by atomic mass is 10.2. The Hall–Kier alpha value is -2.44. The Labute approximate surface area is 90.7 Å². The lowest BCUT2D eigenvalue weighted by molar-refractivity contribution is -0.402. The minimum absolute atomic E-state index is 0.0670. The van der Waals surface area contributed by atoms with Crippen LogP contribution < -0.4 is 5.32 Å². The molecule has 0 spiro atoms. The third kappa shape index (κ3) is 3.05. The van der Waals surface area contributed by atoms with Crippen LogP contribution in [0.3, 0.4) is 0 Å². The summed E-state index contributed by atoms with van der Waals surface area (Å²) >= 11 is 0. The predicted octanol–water partition coefficient (Wildman–Crippen LogP) is 2.06. The van der Waals surface area contributed by atoms with Crippen LogP contribution in [-0.2, 0) is 0 Å². The lowest BCUT2D eigenvalue weighted by Crippen LogP contribution is -1.95. The standard InChI is InChI=1S/C9H9N3O4/c1-7-2-3-8(12(15)16)6-9(7)10-4-5-11(13)14/h2-6,10H,1H3. The summed E-state index contributed by atoms with van der Waals surface area (Å²) in [6, 6.07) is 4.26. The molecule has 0 aliphatic carbocycles. The Bertz CT molecular complexity index is 456. The van der Waals surface area contributed by atoms with Gasteiger partial charge in [-0.3, -0.25) is 20.2 Å². The zero-order valence-electron chi connectivity index (χ0n) is 8.41. The molecule has 1 rings (SSSR count). The van der Waals surface area contributed by atoms with E-state index >= 15 is 0 Å². The van der Waals surface area contributed by atoms with E-state index in [-0.39, 0.29) is 5.69 Å². The number of hydrogen-bond donors (Lipinski definition) is 1. The number of rotatable bonds is 4. The van der Waals surface area contributed by atoms with Gasteiger partial charge in [0.05, 0.1) is 16.0 Å². The second-order valence-electron chi connectivity index (χ2n) is 3.00. The van der Waals surface area contributed by atoms with Crippen molar-refractivity contribution >= 4 is 11.4 Å². The number of nitro benzene ring substituents is 1. The van der Waals surface area contributed by atoms with E-state index in [0.29, 0.717) is 5.69 Å². The SMILES string of the molecule is Cc1ccc([N+](=O)[O-])cc1NC=C[N+](=O)[O-]. The molecular weight excluding hydrogens is 214 g/mol. The van der Waals surface area contributed by atoms with Gasteiger partial charge in [0.15, 0.2) is 0 Å². The van der Waals surface area contributed by atoms with Crippen molar-refractivity contribution in [1.82, 2.24) is 0 Å². The molecule has 0 atom stereocenters. The number of non-ortho nitro benzene ring substituents is 1. The first-order valence-electron chi connectivity index (χ1n) is 4.32. The Morgan fingerprint density at radius 3 is 2.56 bits per heavy atom. The third-order valence-corrected chi connectivity index (χ3v) is 1.87. The lowest BCUT2D eigenvalue weighted by Gasteiger charge is -2.03. The smallest absolute Gasteiger partial charge is 0.271 e. The zero-order chi connectivity index (χ0) is 12.1. The molecule has 0 heterocycles. The van der Waals surface area contributed by atoms with Crippen molar-refractivity contribution in [2.75, 3.05) is 5.32 Å². The van der Waals surface area contributed by atoms with Crippen LogP contribution in [0.25, 0.3) is 0 Å². The normalized spacial score (nSPS) is 10.3. The van der Waals surface area contributed by atoms with Crippen LogP contribution in [0, 0.1) is 27.2 Å². The summed E-state index contributed by atoms with van der Waals surface area (Å²) in [7, 11) is 0. The largest absolute Gasteiger partial charge is 0.356 e. The Morgan fingerprint density at radius 1 is 1.31 bits per heavy atom. The highest BCUT2D eigenvalue weighted by Gasteiger charge is 2.07. The summed E-state index contributed by atoms with van der Waals surface area (Å²) in [4.78, 5) is 19.4. The Kier molecular flexibility index (Phi) is 3.54. The van der Waals surface area contributed by atoms with E-state index in [1.807, 2.05) is 0 Å². The molecule has 0 radical (unpaired) electrons. The molecule has 1 N–H and O–H groups in total. The molecule has 84 valence electrons. The fraction of sp³-hybridized carbons (Fsp3) is 0.111. The average molecular weight is 223 g/mol. The highest BCUT2D eigenvalue weighted by Crippen LogP contribution is 2.21. The minimum atomic E-state index is -0.625. The highest BCUT2D eigenvalue weighted by molar-refractivity contribution is 5.57. The van der Waals surface area contributed by atoms with Crippen molar-refractivity contribution in [2.45, 2.75) is 6.92 Å². The molecule has 0 fully saturated rings. The minimum Gasteiger partial charge on any atom is -0.356 e. The average Bonchev–Trinajstić information content (AvgIpc) is 2.20. The topological polar surface area (TPSA) is 98.3 Å². The van der Waals surface area contributed by atoms with E-state index < -0.39 is 9.85 Å². The third-order valence-electron chi connectivity index (χ3n) is 1.87. The summed E-state index contributed by atoms with van der Waals surface area (Å²) < 4.78 is 0. The van der Waals surface area contributed by atoms with Gasteiger partial charge in [0.2, 0.25) is 6.20 Å². The fourth-order valence-corrected chi connectivity index (χ4v) is 1.07. The molecule has 16 heavy (non-hydrogen) atoms. The molecule has 0 aliphatic rings. The molecule has 1 aromatic carbocycles. The van der Waals surface area contributed by atoms with Crippen LogP contribution in [0.5, 0.6) is 0 Å². The van der Waals surface area contributed by atoms with E-state index in [1.165, 1.54) is 12.1 Å². The molecule has 7 nitrogen and oxygen atoms in total. The van der Waals surface area contributed by atoms with Gasteiger partial charge in [-0.25, -0.2) is 0 Å². The van der Waals surface area contributed by atoms with E-state index in [0.717, 1.165) is 18.0 Å². The maximum absolute atomic E-state index is 10.5. The highest BCUT2D eigenvalue weighted by atomic mass is 16.6. The van der Waals surface area contributed by atoms with Gasteiger partial charge < -0.3 is 5.32 Å². The van der Waals surface area contributed by atoms with Crippen molar-refractivity contribution in [3.63, 3.8) is 0 Å². The summed E-state index contributed by atoms with van der Waals surface area (Å²) in [6.07, 6.45) is 1.84. The van der Waals surface area contributed by atoms with Gasteiger partial charge in [-0.1, -0.05) is 6.07 Å². The van der Waals surface area contributed by atoms with Crippen LogP contribution in [0.2, 0.25) is 0 Å². The maximum Gasteiger partial charge on any atom is 0.271 e. The number of hydrogen-bond acceptors (Lipinski definition) is 5. The van der Waals surface area contributed by atoms with Gasteiger partial charge in [0.1, 0.15) is 0 Å². The van der Waals surface area contributed by atoms with Crippen LogP contribution in [0.15, 0.2) is 30.6 Å². The molecule has 0 saturated carbocycles. The maximum atomic E-state index is 10.5. The molecule has 0 saturated heterocycles. The molecular formula is C9H9N3O4. The first-order chi connectivity index (χ1) is 7.50. The number of benzene rings is 1. The predicted molar refractivity (Wildman–Crippen MR) is 57.6 cm³/mol. The van der Waals surface area contributed by atoms with E-state index in [9.17, 15) is 20.2 Å². The zero-order valence-corrected chi connectivity index (χ0v) is 8.41. The Morgan fingerprint density at radius 2 is 2.00 bits per heavy atom. The summed E-state index contributed by atoms with van der Waals surface area (Å²) in [5, 5.41) is 23.1. The van der Waals surface area contributed by atoms with Crippen molar-refractivity contribution in [3.8, 4) is 0 Å². The first-order valence-corrected chi connectivity index (χ1v) is 4.32. The monoisotopic (exact) mass is 223 g/mol. The molecule has 0 unspecified atom stereocenters. The van der Waals surface area contributed by atoms with Gasteiger partial charge in [-0.05, 0) is 12.5 Å². The van der Waals surface area contributed by atoms with Crippen LogP contribution in [0.1, 0.15) is 5.56 Å². The fourth-order valence-electron chi connectivity index (χ4n) is 1.07. The van der Waals surface area contributed by atoms with Crippen molar-refractivity contribution in [1.29, 1.82) is 0 Å². The quantitative estimate of drug-likeness (QED) is 0.622. The van der Waals surface area contributed by atoms with Crippen LogP contribution in [-0.4, -0.2) is 9.85 Å².